The van der Waals surface area contributed by atoms with E-state index < -0.39 is 11.9 Å². The average molecular weight is 305 g/mol. The van der Waals surface area contributed by atoms with Gasteiger partial charge in [0, 0.05) is 18.5 Å². The Balaban J connectivity index is 2.19. The van der Waals surface area contributed by atoms with E-state index in [4.69, 9.17) is 5.11 Å². The number of amides is 2. The van der Waals surface area contributed by atoms with E-state index in [-0.39, 0.29) is 22.0 Å². The van der Waals surface area contributed by atoms with Gasteiger partial charge in [0.25, 0.3) is 5.91 Å². The molecule has 21 heavy (non-hydrogen) atoms. The lowest BCUT2D eigenvalue weighted by molar-refractivity contribution is -0.114. The third-order valence-electron chi connectivity index (χ3n) is 2.44. The van der Waals surface area contributed by atoms with E-state index in [0.29, 0.717) is 5.69 Å². The lowest BCUT2D eigenvalue weighted by atomic mass is 10.2. The maximum atomic E-state index is 12.2. The number of thiophene rings is 1. The van der Waals surface area contributed by atoms with Crippen molar-refractivity contribution in [3.63, 3.8) is 0 Å². The summed E-state index contributed by atoms with van der Waals surface area (Å²) in [4.78, 5) is 38.0. The molecule has 7 nitrogen and oxygen atoms in total. The van der Waals surface area contributed by atoms with E-state index in [9.17, 15) is 14.4 Å². The van der Waals surface area contributed by atoms with E-state index >= 15 is 0 Å². The summed E-state index contributed by atoms with van der Waals surface area (Å²) in [6.45, 7) is 1.33. The molecule has 0 fully saturated rings. The number of nitrogens with one attached hydrogen (secondary N) is 2. The molecule has 2 amide bonds. The number of aromatic nitrogens is 1. The summed E-state index contributed by atoms with van der Waals surface area (Å²) in [5, 5.41) is 15.4. The fourth-order valence-corrected chi connectivity index (χ4v) is 2.27. The van der Waals surface area contributed by atoms with Gasteiger partial charge < -0.3 is 15.7 Å². The van der Waals surface area contributed by atoms with Crippen molar-refractivity contribution in [2.75, 3.05) is 10.6 Å². The molecule has 0 bridgehead atoms. The molecule has 108 valence electrons. The van der Waals surface area contributed by atoms with E-state index in [1.807, 2.05) is 0 Å². The monoisotopic (exact) mass is 305 g/mol. The molecule has 2 aromatic rings. The van der Waals surface area contributed by atoms with Crippen molar-refractivity contribution in [2.45, 2.75) is 6.92 Å². The molecule has 0 atom stereocenters. The highest BCUT2D eigenvalue weighted by molar-refractivity contribution is 7.12. The molecular formula is C13H11N3O4S. The summed E-state index contributed by atoms with van der Waals surface area (Å²) in [7, 11) is 0. The van der Waals surface area contributed by atoms with Gasteiger partial charge in [-0.1, -0.05) is 0 Å². The maximum absolute atomic E-state index is 12.2. The molecule has 8 heteroatoms. The predicted molar refractivity (Wildman–Crippen MR) is 77.8 cm³/mol. The normalized spacial score (nSPS) is 9.95. The lowest BCUT2D eigenvalue weighted by Crippen LogP contribution is -2.16. The summed E-state index contributed by atoms with van der Waals surface area (Å²) in [5.74, 6) is -1.83. The van der Waals surface area contributed by atoms with Gasteiger partial charge in [-0.15, -0.1) is 11.3 Å². The molecular weight excluding hydrogens is 294 g/mol. The number of rotatable bonds is 4. The smallest absolute Gasteiger partial charge is 0.345 e. The zero-order chi connectivity index (χ0) is 15.4. The predicted octanol–water partition coefficient (Wildman–Crippen LogP) is 2.05. The van der Waals surface area contributed by atoms with Crippen LogP contribution < -0.4 is 10.6 Å². The Kier molecular flexibility index (Phi) is 4.29. The Morgan fingerprint density at radius 3 is 2.67 bits per heavy atom. The van der Waals surface area contributed by atoms with Crippen LogP contribution in [0.5, 0.6) is 0 Å². The van der Waals surface area contributed by atoms with Crippen LogP contribution in [0.3, 0.4) is 0 Å². The third kappa shape index (κ3) is 3.63. The summed E-state index contributed by atoms with van der Waals surface area (Å²) in [6.07, 6.45) is 2.79. The van der Waals surface area contributed by atoms with Gasteiger partial charge in [0.15, 0.2) is 0 Å². The first-order chi connectivity index (χ1) is 9.97. The molecule has 0 saturated heterocycles. The van der Waals surface area contributed by atoms with Crippen LogP contribution in [-0.2, 0) is 4.79 Å². The molecule has 0 spiro atoms. The van der Waals surface area contributed by atoms with Crippen LogP contribution >= 0.6 is 11.3 Å². The zero-order valence-corrected chi connectivity index (χ0v) is 11.7. The molecule has 0 radical (unpaired) electrons. The molecule has 2 heterocycles. The Morgan fingerprint density at radius 2 is 2.05 bits per heavy atom. The van der Waals surface area contributed by atoms with Crippen LogP contribution in [0.4, 0.5) is 11.4 Å². The van der Waals surface area contributed by atoms with Crippen LogP contribution in [0.2, 0.25) is 0 Å². The number of pyridine rings is 1. The minimum absolute atomic E-state index is 0.127. The first kappa shape index (κ1) is 14.7. The molecule has 0 aliphatic rings. The summed E-state index contributed by atoms with van der Waals surface area (Å²) < 4.78 is 0. The zero-order valence-electron chi connectivity index (χ0n) is 10.9. The Hall–Kier alpha value is -2.74. The number of carbonyl (C=O) groups is 3. The van der Waals surface area contributed by atoms with Crippen molar-refractivity contribution < 1.29 is 19.5 Å². The minimum Gasteiger partial charge on any atom is -0.477 e. The Morgan fingerprint density at radius 1 is 1.29 bits per heavy atom. The van der Waals surface area contributed by atoms with E-state index in [1.54, 1.807) is 0 Å². The number of aromatic carboxylic acids is 1. The molecule has 0 saturated carbocycles. The largest absolute Gasteiger partial charge is 0.477 e. The van der Waals surface area contributed by atoms with E-state index in [2.05, 4.69) is 15.6 Å². The quantitative estimate of drug-likeness (QED) is 0.801. The standard InChI is InChI=1S/C13H11N3O4S/c1-7(17)15-10-5-14-3-2-9(10)12(18)16-8-4-11(13(19)20)21-6-8/h2-6H,1H3,(H,15,17)(H,16,18)(H,19,20). The van der Waals surface area contributed by atoms with Gasteiger partial charge in [-0.2, -0.15) is 0 Å². The maximum Gasteiger partial charge on any atom is 0.345 e. The summed E-state index contributed by atoms with van der Waals surface area (Å²) in [6, 6.07) is 2.83. The lowest BCUT2D eigenvalue weighted by Gasteiger charge is -2.08. The van der Waals surface area contributed by atoms with Gasteiger partial charge in [0.2, 0.25) is 5.91 Å². The first-order valence-corrected chi connectivity index (χ1v) is 6.70. The molecule has 0 aliphatic carbocycles. The van der Waals surface area contributed by atoms with Gasteiger partial charge in [-0.05, 0) is 12.1 Å². The minimum atomic E-state index is -1.05. The average Bonchev–Trinajstić information content (AvgIpc) is 2.87. The van der Waals surface area contributed by atoms with Crippen molar-refractivity contribution >= 4 is 40.5 Å². The number of nitrogens with zero attached hydrogens (tertiary/aromatic N) is 1. The van der Waals surface area contributed by atoms with Gasteiger partial charge in [-0.25, -0.2) is 4.79 Å². The van der Waals surface area contributed by atoms with Gasteiger partial charge in [0.05, 0.1) is 23.1 Å². The Labute approximate surface area is 123 Å². The second kappa shape index (κ2) is 6.14. The van der Waals surface area contributed by atoms with Crippen LogP contribution in [-0.4, -0.2) is 27.9 Å². The van der Waals surface area contributed by atoms with Crippen LogP contribution in [0.1, 0.15) is 27.0 Å². The van der Waals surface area contributed by atoms with Crippen molar-refractivity contribution in [3.05, 3.63) is 40.3 Å². The van der Waals surface area contributed by atoms with Crippen LogP contribution in [0.15, 0.2) is 29.9 Å². The molecule has 0 unspecified atom stereocenters. The highest BCUT2D eigenvalue weighted by Gasteiger charge is 2.14. The summed E-state index contributed by atoms with van der Waals surface area (Å²) >= 11 is 1.01. The van der Waals surface area contributed by atoms with Crippen LogP contribution in [0.25, 0.3) is 0 Å². The summed E-state index contributed by atoms with van der Waals surface area (Å²) in [5.41, 5.74) is 0.910. The Bertz CT molecular complexity index is 711. The van der Waals surface area contributed by atoms with Crippen molar-refractivity contribution in [1.82, 2.24) is 4.98 Å². The topological polar surface area (TPSA) is 108 Å². The molecule has 2 aromatic heterocycles. The second-order valence-corrected chi connectivity index (χ2v) is 4.97. The number of carboxylic acid groups (broad SMARTS) is 1. The van der Waals surface area contributed by atoms with Gasteiger partial charge in [0.1, 0.15) is 4.88 Å². The van der Waals surface area contributed by atoms with Crippen molar-refractivity contribution in [2.24, 2.45) is 0 Å². The number of carboxylic acids is 1. The number of hydrogen-bond acceptors (Lipinski definition) is 5. The fraction of sp³-hybridized carbons (Fsp3) is 0.0769. The third-order valence-corrected chi connectivity index (χ3v) is 3.36. The van der Waals surface area contributed by atoms with Crippen molar-refractivity contribution in [1.29, 1.82) is 0 Å². The SMILES string of the molecule is CC(=O)Nc1cnccc1C(=O)Nc1csc(C(=O)O)c1. The molecule has 3 N–H and O–H groups in total. The number of hydrogen-bond donors (Lipinski definition) is 3. The molecule has 0 aromatic carbocycles. The fourth-order valence-electron chi connectivity index (χ4n) is 1.59. The second-order valence-electron chi connectivity index (χ2n) is 4.06. The van der Waals surface area contributed by atoms with Gasteiger partial charge in [-0.3, -0.25) is 14.6 Å². The number of anilines is 2. The van der Waals surface area contributed by atoms with E-state index in [1.165, 1.54) is 36.8 Å². The van der Waals surface area contributed by atoms with Crippen molar-refractivity contribution in [3.8, 4) is 0 Å². The highest BCUT2D eigenvalue weighted by Crippen LogP contribution is 2.21. The van der Waals surface area contributed by atoms with E-state index in [0.717, 1.165) is 11.3 Å². The first-order valence-electron chi connectivity index (χ1n) is 5.82. The number of carbonyl (C=O) groups excluding carboxylic acids is 2. The molecule has 2 rings (SSSR count). The highest BCUT2D eigenvalue weighted by atomic mass is 32.1. The van der Waals surface area contributed by atoms with Gasteiger partial charge >= 0.3 is 5.97 Å². The van der Waals surface area contributed by atoms with Crippen LogP contribution in [0, 0.1) is 0 Å². The molecule has 0 aliphatic heterocycles.